The van der Waals surface area contributed by atoms with Crippen molar-refractivity contribution in [3.05, 3.63) is 63.6 Å². The molecule has 2 rings (SSSR count). The molecule has 1 N–H and O–H groups in total. The van der Waals surface area contributed by atoms with Crippen molar-refractivity contribution in [2.75, 3.05) is 5.32 Å². The van der Waals surface area contributed by atoms with Crippen LogP contribution in [0.15, 0.2) is 53.0 Å². The number of halogens is 2. The summed E-state index contributed by atoms with van der Waals surface area (Å²) in [6, 6.07) is 15.3. The van der Waals surface area contributed by atoms with Gasteiger partial charge in [0.2, 0.25) is 5.91 Å². The Labute approximate surface area is 142 Å². The van der Waals surface area contributed by atoms with Gasteiger partial charge >= 0.3 is 0 Å². The first-order chi connectivity index (χ1) is 10.1. The van der Waals surface area contributed by atoms with Gasteiger partial charge in [0.25, 0.3) is 0 Å². The molecule has 1 atom stereocenters. The third-order valence-corrected chi connectivity index (χ3v) is 4.93. The van der Waals surface area contributed by atoms with Crippen molar-refractivity contribution < 1.29 is 4.79 Å². The Balaban J connectivity index is 1.90. The minimum Gasteiger partial charge on any atom is -0.324 e. The van der Waals surface area contributed by atoms with E-state index in [1.165, 1.54) is 5.56 Å². The molecule has 0 aliphatic rings. The monoisotopic (exact) mass is 383 g/mol. The minimum absolute atomic E-state index is 0.0388. The number of hydrogen-bond acceptors (Lipinski definition) is 2. The number of benzene rings is 2. The van der Waals surface area contributed by atoms with E-state index in [1.54, 1.807) is 23.9 Å². The Morgan fingerprint density at radius 1 is 1.29 bits per heavy atom. The molecule has 0 fully saturated rings. The lowest BCUT2D eigenvalue weighted by atomic mass is 10.2. The maximum atomic E-state index is 12.2. The molecule has 0 radical (unpaired) electrons. The fourth-order valence-corrected chi connectivity index (χ4v) is 3.18. The van der Waals surface area contributed by atoms with Crippen LogP contribution >= 0.6 is 39.3 Å². The van der Waals surface area contributed by atoms with E-state index < -0.39 is 0 Å². The molecule has 2 aromatic rings. The van der Waals surface area contributed by atoms with Crippen LogP contribution in [0.4, 0.5) is 5.69 Å². The van der Waals surface area contributed by atoms with E-state index in [2.05, 4.69) is 33.4 Å². The molecule has 0 aromatic heterocycles. The average molecular weight is 385 g/mol. The van der Waals surface area contributed by atoms with Crippen LogP contribution in [0.25, 0.3) is 0 Å². The molecule has 0 saturated carbocycles. The van der Waals surface area contributed by atoms with Crippen LogP contribution in [-0.4, -0.2) is 11.2 Å². The summed E-state index contributed by atoms with van der Waals surface area (Å²) < 4.78 is 1.05. The summed E-state index contributed by atoms with van der Waals surface area (Å²) in [4.78, 5) is 12.2. The third kappa shape index (κ3) is 5.06. The molecule has 0 heterocycles. The highest BCUT2D eigenvalue weighted by atomic mass is 79.9. The fraction of sp³-hybridized carbons (Fsp3) is 0.188. The normalized spacial score (nSPS) is 12.0. The van der Waals surface area contributed by atoms with E-state index in [-0.39, 0.29) is 11.2 Å². The quantitative estimate of drug-likeness (QED) is 0.751. The Bertz CT molecular complexity index is 635. The molecule has 0 bridgehead atoms. The number of carbonyl (C=O) groups excluding carboxylic acids is 1. The lowest BCUT2D eigenvalue weighted by Gasteiger charge is -2.13. The zero-order valence-corrected chi connectivity index (χ0v) is 14.6. The van der Waals surface area contributed by atoms with Crippen LogP contribution in [0.2, 0.25) is 5.02 Å². The predicted molar refractivity (Wildman–Crippen MR) is 95.0 cm³/mol. The summed E-state index contributed by atoms with van der Waals surface area (Å²) in [7, 11) is 0. The topological polar surface area (TPSA) is 29.1 Å². The summed E-state index contributed by atoms with van der Waals surface area (Å²) in [6.07, 6.45) is 0. The second kappa shape index (κ2) is 7.87. The van der Waals surface area contributed by atoms with Gasteiger partial charge in [-0.15, -0.1) is 11.8 Å². The number of nitrogens with one attached hydrogen (secondary N) is 1. The van der Waals surface area contributed by atoms with Gasteiger partial charge in [-0.25, -0.2) is 0 Å². The van der Waals surface area contributed by atoms with Gasteiger partial charge in [-0.1, -0.05) is 51.8 Å². The van der Waals surface area contributed by atoms with E-state index in [4.69, 9.17) is 11.6 Å². The van der Waals surface area contributed by atoms with Crippen LogP contribution in [0, 0.1) is 0 Å². The van der Waals surface area contributed by atoms with Crippen molar-refractivity contribution in [2.45, 2.75) is 17.9 Å². The lowest BCUT2D eigenvalue weighted by Crippen LogP contribution is -2.22. The van der Waals surface area contributed by atoms with Gasteiger partial charge in [-0.05, 0) is 36.8 Å². The van der Waals surface area contributed by atoms with Crippen LogP contribution in [0.1, 0.15) is 12.5 Å². The molecule has 2 nitrogen and oxygen atoms in total. The minimum atomic E-state index is -0.153. The van der Waals surface area contributed by atoms with Crippen LogP contribution in [0.5, 0.6) is 0 Å². The number of para-hydroxylation sites is 1. The summed E-state index contributed by atoms with van der Waals surface area (Å²) in [5.74, 6) is 0.749. The van der Waals surface area contributed by atoms with E-state index in [0.717, 1.165) is 10.2 Å². The van der Waals surface area contributed by atoms with E-state index >= 15 is 0 Å². The van der Waals surface area contributed by atoms with Gasteiger partial charge in [0.15, 0.2) is 0 Å². The molecule has 1 amide bonds. The molecule has 2 aromatic carbocycles. The second-order valence-electron chi connectivity index (χ2n) is 4.55. The van der Waals surface area contributed by atoms with Gasteiger partial charge in [0.1, 0.15) is 0 Å². The molecule has 0 aliphatic carbocycles. The van der Waals surface area contributed by atoms with Crippen LogP contribution in [0.3, 0.4) is 0 Å². The standard InChI is InChI=1S/C16H15BrClNOS/c1-11(21-10-12-5-4-6-13(17)9-12)16(20)19-15-8-3-2-7-14(15)18/h2-9,11H,10H2,1H3,(H,19,20)/t11-/m1/s1. The number of carbonyl (C=O) groups is 1. The zero-order valence-electron chi connectivity index (χ0n) is 11.5. The largest absolute Gasteiger partial charge is 0.324 e. The Hall–Kier alpha value is -0.970. The van der Waals surface area contributed by atoms with Gasteiger partial charge < -0.3 is 5.32 Å². The maximum absolute atomic E-state index is 12.2. The van der Waals surface area contributed by atoms with E-state index in [9.17, 15) is 4.79 Å². The first-order valence-corrected chi connectivity index (χ1v) is 8.69. The van der Waals surface area contributed by atoms with Gasteiger partial charge in [-0.2, -0.15) is 0 Å². The number of amides is 1. The summed E-state index contributed by atoms with van der Waals surface area (Å²) in [6.45, 7) is 1.90. The highest BCUT2D eigenvalue weighted by Gasteiger charge is 2.14. The summed E-state index contributed by atoms with van der Waals surface area (Å²) in [5, 5.41) is 3.26. The van der Waals surface area contributed by atoms with Crippen molar-refractivity contribution in [1.82, 2.24) is 0 Å². The highest BCUT2D eigenvalue weighted by molar-refractivity contribution is 9.10. The molecular weight excluding hydrogens is 370 g/mol. The number of rotatable bonds is 5. The predicted octanol–water partition coefficient (Wildman–Crippen LogP) is 5.36. The highest BCUT2D eigenvalue weighted by Crippen LogP contribution is 2.24. The third-order valence-electron chi connectivity index (χ3n) is 2.89. The van der Waals surface area contributed by atoms with E-state index in [1.807, 2.05) is 31.2 Å². The summed E-state index contributed by atoms with van der Waals surface area (Å²) >= 11 is 11.1. The lowest BCUT2D eigenvalue weighted by molar-refractivity contribution is -0.115. The van der Waals surface area contributed by atoms with Crippen molar-refractivity contribution in [3.8, 4) is 0 Å². The second-order valence-corrected chi connectivity index (χ2v) is 7.20. The molecule has 0 spiro atoms. The van der Waals surface area contributed by atoms with Crippen LogP contribution in [-0.2, 0) is 10.5 Å². The molecule has 5 heteroatoms. The van der Waals surface area contributed by atoms with Crippen LogP contribution < -0.4 is 5.32 Å². The summed E-state index contributed by atoms with van der Waals surface area (Å²) in [5.41, 5.74) is 1.84. The fourth-order valence-electron chi connectivity index (χ4n) is 1.72. The van der Waals surface area contributed by atoms with Crippen molar-refractivity contribution >= 4 is 50.9 Å². The van der Waals surface area contributed by atoms with Crippen molar-refractivity contribution in [1.29, 1.82) is 0 Å². The Morgan fingerprint density at radius 3 is 2.76 bits per heavy atom. The first kappa shape index (κ1) is 16.4. The molecule has 0 unspecified atom stereocenters. The first-order valence-electron chi connectivity index (χ1n) is 6.47. The Morgan fingerprint density at radius 2 is 2.05 bits per heavy atom. The number of hydrogen-bond donors (Lipinski definition) is 1. The van der Waals surface area contributed by atoms with Crippen molar-refractivity contribution in [2.24, 2.45) is 0 Å². The van der Waals surface area contributed by atoms with E-state index in [0.29, 0.717) is 10.7 Å². The zero-order chi connectivity index (χ0) is 15.2. The molecule has 0 aliphatic heterocycles. The SMILES string of the molecule is C[C@@H](SCc1cccc(Br)c1)C(=O)Nc1ccccc1Cl. The smallest absolute Gasteiger partial charge is 0.237 e. The van der Waals surface area contributed by atoms with Gasteiger partial charge in [0.05, 0.1) is 16.0 Å². The molecular formula is C16H15BrClNOS. The van der Waals surface area contributed by atoms with Gasteiger partial charge in [-0.3, -0.25) is 4.79 Å². The molecule has 110 valence electrons. The van der Waals surface area contributed by atoms with Crippen molar-refractivity contribution in [3.63, 3.8) is 0 Å². The molecule has 0 saturated heterocycles. The van der Waals surface area contributed by atoms with Gasteiger partial charge in [0, 0.05) is 10.2 Å². The number of anilines is 1. The number of thioether (sulfide) groups is 1. The maximum Gasteiger partial charge on any atom is 0.237 e. The molecule has 21 heavy (non-hydrogen) atoms. The average Bonchev–Trinajstić information content (AvgIpc) is 2.47. The Kier molecular flexibility index (Phi) is 6.15.